The van der Waals surface area contributed by atoms with Gasteiger partial charge in [0.05, 0.1) is 4.90 Å². The average molecular weight is 359 g/mol. The van der Waals surface area contributed by atoms with Gasteiger partial charge in [0, 0.05) is 24.8 Å². The van der Waals surface area contributed by atoms with Gasteiger partial charge in [0.15, 0.2) is 0 Å². The van der Waals surface area contributed by atoms with Crippen LogP contribution in [-0.4, -0.2) is 21.5 Å². The normalized spacial score (nSPS) is 17.4. The predicted octanol–water partition coefficient (Wildman–Crippen LogP) is 3.96. The summed E-state index contributed by atoms with van der Waals surface area (Å²) in [5.74, 6) is 0.808. The third-order valence-electron chi connectivity index (χ3n) is 4.93. The standard InChI is InChI=1S/C20H26N2O2S/c1-16-12-14-22(15-13-16)19-10-8-18(9-11-19)17(2)21-25(23,24)20-6-4-3-5-7-20/h3-11,16-17,21H,12-15H2,1-2H3/t17-/m1/s1. The van der Waals surface area contributed by atoms with Gasteiger partial charge >= 0.3 is 0 Å². The van der Waals surface area contributed by atoms with Crippen LogP contribution in [0.2, 0.25) is 0 Å². The Bertz CT molecular complexity index is 780. The highest BCUT2D eigenvalue weighted by molar-refractivity contribution is 7.89. The molecule has 25 heavy (non-hydrogen) atoms. The van der Waals surface area contributed by atoms with E-state index in [4.69, 9.17) is 0 Å². The Morgan fingerprint density at radius 3 is 2.20 bits per heavy atom. The molecular weight excluding hydrogens is 332 g/mol. The molecule has 5 heteroatoms. The summed E-state index contributed by atoms with van der Waals surface area (Å²) in [5, 5.41) is 0. The van der Waals surface area contributed by atoms with Gasteiger partial charge in [-0.05, 0) is 55.5 Å². The Morgan fingerprint density at radius 1 is 1.00 bits per heavy atom. The molecular formula is C20H26N2O2S. The quantitative estimate of drug-likeness (QED) is 0.880. The van der Waals surface area contributed by atoms with Crippen LogP contribution in [-0.2, 0) is 10.0 Å². The molecule has 1 heterocycles. The van der Waals surface area contributed by atoms with Crippen molar-refractivity contribution >= 4 is 15.7 Å². The first-order valence-electron chi connectivity index (χ1n) is 8.88. The molecule has 0 saturated carbocycles. The Kier molecular flexibility index (Phi) is 5.45. The van der Waals surface area contributed by atoms with Crippen molar-refractivity contribution in [1.82, 2.24) is 4.72 Å². The van der Waals surface area contributed by atoms with Gasteiger partial charge in [-0.15, -0.1) is 0 Å². The van der Waals surface area contributed by atoms with Crippen LogP contribution in [0, 0.1) is 5.92 Å². The lowest BCUT2D eigenvalue weighted by Gasteiger charge is -2.32. The van der Waals surface area contributed by atoms with E-state index in [1.165, 1.54) is 18.5 Å². The number of rotatable bonds is 5. The van der Waals surface area contributed by atoms with E-state index in [0.717, 1.165) is 24.6 Å². The fraction of sp³-hybridized carbons (Fsp3) is 0.400. The molecule has 0 aliphatic carbocycles. The molecule has 134 valence electrons. The minimum absolute atomic E-state index is 0.277. The topological polar surface area (TPSA) is 49.4 Å². The van der Waals surface area contributed by atoms with Crippen LogP contribution in [0.15, 0.2) is 59.5 Å². The van der Waals surface area contributed by atoms with E-state index in [1.807, 2.05) is 25.1 Å². The van der Waals surface area contributed by atoms with Crippen LogP contribution in [0.25, 0.3) is 0 Å². The monoisotopic (exact) mass is 358 g/mol. The molecule has 0 amide bonds. The highest BCUT2D eigenvalue weighted by Gasteiger charge is 2.19. The second-order valence-electron chi connectivity index (χ2n) is 6.92. The Hall–Kier alpha value is -1.85. The van der Waals surface area contributed by atoms with Gasteiger partial charge in [-0.3, -0.25) is 0 Å². The second-order valence-corrected chi connectivity index (χ2v) is 8.63. The first kappa shape index (κ1) is 18.0. The smallest absolute Gasteiger partial charge is 0.241 e. The van der Waals surface area contributed by atoms with Crippen LogP contribution in [0.5, 0.6) is 0 Å². The van der Waals surface area contributed by atoms with E-state index in [-0.39, 0.29) is 6.04 Å². The third kappa shape index (κ3) is 4.41. The van der Waals surface area contributed by atoms with E-state index >= 15 is 0 Å². The lowest BCUT2D eigenvalue weighted by molar-refractivity contribution is 0.438. The molecule has 3 rings (SSSR count). The lowest BCUT2D eigenvalue weighted by atomic mass is 9.98. The molecule has 1 N–H and O–H groups in total. The Balaban J connectivity index is 1.68. The minimum atomic E-state index is -3.50. The third-order valence-corrected chi connectivity index (χ3v) is 6.48. The largest absolute Gasteiger partial charge is 0.372 e. The van der Waals surface area contributed by atoms with Gasteiger partial charge in [-0.25, -0.2) is 13.1 Å². The van der Waals surface area contributed by atoms with Gasteiger partial charge in [-0.2, -0.15) is 0 Å². The van der Waals surface area contributed by atoms with Crippen molar-refractivity contribution in [3.63, 3.8) is 0 Å². The van der Waals surface area contributed by atoms with Crippen molar-refractivity contribution in [2.24, 2.45) is 5.92 Å². The molecule has 0 radical (unpaired) electrons. The fourth-order valence-electron chi connectivity index (χ4n) is 3.21. The summed E-state index contributed by atoms with van der Waals surface area (Å²) < 4.78 is 27.6. The fourth-order valence-corrected chi connectivity index (χ4v) is 4.46. The zero-order valence-corrected chi connectivity index (χ0v) is 15.7. The summed E-state index contributed by atoms with van der Waals surface area (Å²) in [6, 6.07) is 16.4. The summed E-state index contributed by atoms with van der Waals surface area (Å²) in [5.41, 5.74) is 2.18. The van der Waals surface area contributed by atoms with Crippen molar-refractivity contribution in [2.75, 3.05) is 18.0 Å². The van der Waals surface area contributed by atoms with E-state index in [2.05, 4.69) is 28.7 Å². The zero-order valence-electron chi connectivity index (χ0n) is 14.9. The highest BCUT2D eigenvalue weighted by atomic mass is 32.2. The van der Waals surface area contributed by atoms with E-state index in [0.29, 0.717) is 4.90 Å². The molecule has 0 aromatic heterocycles. The summed E-state index contributed by atoms with van der Waals surface area (Å²) in [7, 11) is -3.50. The van der Waals surface area contributed by atoms with Crippen molar-refractivity contribution in [3.05, 3.63) is 60.2 Å². The SMILES string of the molecule is CC1CCN(c2ccc([C@@H](C)NS(=O)(=O)c3ccccc3)cc2)CC1. The minimum Gasteiger partial charge on any atom is -0.372 e. The van der Waals surface area contributed by atoms with E-state index < -0.39 is 10.0 Å². The van der Waals surface area contributed by atoms with E-state index in [9.17, 15) is 8.42 Å². The van der Waals surface area contributed by atoms with Crippen LogP contribution < -0.4 is 9.62 Å². The predicted molar refractivity (Wildman–Crippen MR) is 102 cm³/mol. The zero-order chi connectivity index (χ0) is 17.9. The van der Waals surface area contributed by atoms with Crippen molar-refractivity contribution in [2.45, 2.75) is 37.6 Å². The number of piperidine rings is 1. The maximum absolute atomic E-state index is 12.4. The number of hydrogen-bond donors (Lipinski definition) is 1. The van der Waals surface area contributed by atoms with Crippen molar-refractivity contribution in [3.8, 4) is 0 Å². The number of sulfonamides is 1. The average Bonchev–Trinajstić information content (AvgIpc) is 2.63. The number of hydrogen-bond acceptors (Lipinski definition) is 3. The van der Waals surface area contributed by atoms with Gasteiger partial charge in [0.2, 0.25) is 10.0 Å². The van der Waals surface area contributed by atoms with Gasteiger partial charge < -0.3 is 4.90 Å². The lowest BCUT2D eigenvalue weighted by Crippen LogP contribution is -2.32. The maximum atomic E-state index is 12.4. The molecule has 4 nitrogen and oxygen atoms in total. The van der Waals surface area contributed by atoms with Gasteiger partial charge in [0.1, 0.15) is 0 Å². The van der Waals surface area contributed by atoms with Gasteiger partial charge in [0.25, 0.3) is 0 Å². The van der Waals surface area contributed by atoms with Gasteiger partial charge in [-0.1, -0.05) is 37.3 Å². The highest BCUT2D eigenvalue weighted by Crippen LogP contribution is 2.25. The van der Waals surface area contributed by atoms with Crippen molar-refractivity contribution in [1.29, 1.82) is 0 Å². The molecule has 1 atom stereocenters. The summed E-state index contributed by atoms with van der Waals surface area (Å²) >= 11 is 0. The molecule has 1 aliphatic heterocycles. The Morgan fingerprint density at radius 2 is 1.60 bits per heavy atom. The molecule has 0 spiro atoms. The molecule has 2 aromatic rings. The first-order valence-corrected chi connectivity index (χ1v) is 10.4. The van der Waals surface area contributed by atoms with Crippen molar-refractivity contribution < 1.29 is 8.42 Å². The number of benzene rings is 2. The van der Waals surface area contributed by atoms with Crippen LogP contribution in [0.4, 0.5) is 5.69 Å². The summed E-state index contributed by atoms with van der Waals surface area (Å²) in [6.45, 7) is 6.37. The molecule has 0 unspecified atom stereocenters. The van der Waals surface area contributed by atoms with Crippen LogP contribution in [0.3, 0.4) is 0 Å². The molecule has 1 fully saturated rings. The second kappa shape index (κ2) is 7.58. The Labute approximate surface area is 150 Å². The number of nitrogens with zero attached hydrogens (tertiary/aromatic N) is 1. The van der Waals surface area contributed by atoms with Crippen LogP contribution in [0.1, 0.15) is 38.3 Å². The molecule has 2 aromatic carbocycles. The summed E-state index contributed by atoms with van der Waals surface area (Å²) in [6.07, 6.45) is 2.46. The maximum Gasteiger partial charge on any atom is 0.241 e. The number of nitrogens with one attached hydrogen (secondary N) is 1. The summed E-state index contributed by atoms with van der Waals surface area (Å²) in [4.78, 5) is 2.70. The molecule has 1 aliphatic rings. The molecule has 1 saturated heterocycles. The van der Waals surface area contributed by atoms with E-state index in [1.54, 1.807) is 24.3 Å². The van der Waals surface area contributed by atoms with Crippen LogP contribution >= 0.6 is 0 Å². The number of anilines is 1. The molecule has 0 bridgehead atoms. The first-order chi connectivity index (χ1) is 12.0.